The fraction of sp³-hybridized carbons (Fsp3) is 0.346. The van der Waals surface area contributed by atoms with Crippen LogP contribution in [0.2, 0.25) is 0 Å². The molecule has 0 aliphatic heterocycles. The first-order valence-corrected chi connectivity index (χ1v) is 11.3. The normalized spacial score (nSPS) is 11.3. The molecule has 0 aliphatic rings. The molecule has 3 rings (SSSR count). The summed E-state index contributed by atoms with van der Waals surface area (Å²) in [5.74, 6) is -0.367. The molecule has 9 heteroatoms. The first-order valence-electron chi connectivity index (χ1n) is 11.3. The number of anilines is 2. The minimum atomic E-state index is -0.537. The van der Waals surface area contributed by atoms with Crippen LogP contribution in [0.25, 0.3) is 5.69 Å². The van der Waals surface area contributed by atoms with Gasteiger partial charge in [-0.15, -0.1) is 0 Å². The Morgan fingerprint density at radius 1 is 1.09 bits per heavy atom. The lowest BCUT2D eigenvalue weighted by Gasteiger charge is -2.22. The Labute approximate surface area is 205 Å². The number of hydrogen-bond donors (Lipinski definition) is 2. The van der Waals surface area contributed by atoms with E-state index in [1.54, 1.807) is 10.7 Å². The Balaban J connectivity index is 1.80. The van der Waals surface area contributed by atoms with Crippen LogP contribution < -0.4 is 10.6 Å². The molecule has 2 aromatic carbocycles. The maximum Gasteiger partial charge on any atom is 0.322 e. The average Bonchev–Trinajstić information content (AvgIpc) is 3.21. The van der Waals surface area contributed by atoms with Crippen LogP contribution >= 0.6 is 0 Å². The number of carbonyl (C=O) groups is 2. The number of methoxy groups -OCH3 is 1. The summed E-state index contributed by atoms with van der Waals surface area (Å²) >= 11 is 0. The zero-order chi connectivity index (χ0) is 25.6. The van der Waals surface area contributed by atoms with Crippen LogP contribution in [-0.2, 0) is 14.9 Å². The van der Waals surface area contributed by atoms with Crippen molar-refractivity contribution in [2.75, 3.05) is 37.4 Å². The predicted octanol–water partition coefficient (Wildman–Crippen LogP) is 4.74. The molecule has 0 unspecified atom stereocenters. The van der Waals surface area contributed by atoms with Crippen molar-refractivity contribution >= 4 is 23.4 Å². The Kier molecular flexibility index (Phi) is 8.24. The van der Waals surface area contributed by atoms with Crippen LogP contribution in [0.4, 0.5) is 20.7 Å². The summed E-state index contributed by atoms with van der Waals surface area (Å²) in [6.07, 6.45) is 0. The Hall–Kier alpha value is -3.72. The highest BCUT2D eigenvalue weighted by Gasteiger charge is 2.23. The number of hydrogen-bond acceptors (Lipinski definition) is 4. The Bertz CT molecular complexity index is 1170. The standard InChI is InChI=1S/C26H32FN5O3/c1-18-9-11-21(12-10-18)32-23(16-22(30-32)26(2,3)4)29-24(33)17-31(13-14-35-5)25(34)28-20-8-6-7-19(27)15-20/h6-12,15-16H,13-14,17H2,1-5H3,(H,28,34)(H,29,33). The number of urea groups is 1. The highest BCUT2D eigenvalue weighted by Crippen LogP contribution is 2.26. The van der Waals surface area contributed by atoms with Gasteiger partial charge in [0.1, 0.15) is 18.2 Å². The molecule has 0 saturated heterocycles. The van der Waals surface area contributed by atoms with Crippen molar-refractivity contribution < 1.29 is 18.7 Å². The predicted molar refractivity (Wildman–Crippen MR) is 134 cm³/mol. The van der Waals surface area contributed by atoms with Gasteiger partial charge in [-0.2, -0.15) is 5.10 Å². The minimum absolute atomic E-state index is 0.176. The first-order chi connectivity index (χ1) is 16.6. The lowest BCUT2D eigenvalue weighted by molar-refractivity contribution is -0.116. The Morgan fingerprint density at radius 2 is 1.80 bits per heavy atom. The molecule has 0 bridgehead atoms. The average molecular weight is 482 g/mol. The van der Waals surface area contributed by atoms with Gasteiger partial charge in [0.2, 0.25) is 5.91 Å². The van der Waals surface area contributed by atoms with Crippen molar-refractivity contribution in [3.63, 3.8) is 0 Å². The van der Waals surface area contributed by atoms with Gasteiger partial charge < -0.3 is 20.3 Å². The minimum Gasteiger partial charge on any atom is -0.383 e. The van der Waals surface area contributed by atoms with Gasteiger partial charge in [-0.1, -0.05) is 44.5 Å². The van der Waals surface area contributed by atoms with Gasteiger partial charge in [0.15, 0.2) is 0 Å². The molecule has 3 aromatic rings. The van der Waals surface area contributed by atoms with E-state index < -0.39 is 17.8 Å². The maximum absolute atomic E-state index is 13.5. The maximum atomic E-state index is 13.5. The number of nitrogens with zero attached hydrogens (tertiary/aromatic N) is 3. The van der Waals surface area contributed by atoms with Crippen molar-refractivity contribution in [1.82, 2.24) is 14.7 Å². The molecule has 0 spiro atoms. The van der Waals surface area contributed by atoms with E-state index in [0.29, 0.717) is 11.5 Å². The molecule has 1 heterocycles. The van der Waals surface area contributed by atoms with Crippen LogP contribution in [0, 0.1) is 12.7 Å². The summed E-state index contributed by atoms with van der Waals surface area (Å²) in [6, 6.07) is 14.7. The number of rotatable bonds is 8. The van der Waals surface area contributed by atoms with E-state index in [4.69, 9.17) is 9.84 Å². The van der Waals surface area contributed by atoms with Crippen molar-refractivity contribution in [2.24, 2.45) is 0 Å². The molecule has 0 saturated carbocycles. The van der Waals surface area contributed by atoms with E-state index in [1.165, 1.54) is 30.2 Å². The van der Waals surface area contributed by atoms with Gasteiger partial charge in [0.05, 0.1) is 18.0 Å². The number of aryl methyl sites for hydroxylation is 1. The monoisotopic (exact) mass is 481 g/mol. The molecule has 0 atom stereocenters. The van der Waals surface area contributed by atoms with Crippen LogP contribution in [0.5, 0.6) is 0 Å². The number of ether oxygens (including phenoxy) is 1. The van der Waals surface area contributed by atoms with Crippen LogP contribution in [0.1, 0.15) is 32.0 Å². The van der Waals surface area contributed by atoms with Crippen LogP contribution in [0.3, 0.4) is 0 Å². The highest BCUT2D eigenvalue weighted by molar-refractivity contribution is 5.96. The summed E-state index contributed by atoms with van der Waals surface area (Å²) in [7, 11) is 1.51. The molecule has 3 amide bonds. The van der Waals surface area contributed by atoms with Gasteiger partial charge in [-0.3, -0.25) is 4.79 Å². The van der Waals surface area contributed by atoms with Crippen molar-refractivity contribution in [1.29, 1.82) is 0 Å². The van der Waals surface area contributed by atoms with Gasteiger partial charge in [-0.05, 0) is 37.3 Å². The number of amides is 3. The molecule has 0 fully saturated rings. The van der Waals surface area contributed by atoms with Crippen molar-refractivity contribution in [3.8, 4) is 5.69 Å². The molecule has 0 aliphatic carbocycles. The summed E-state index contributed by atoms with van der Waals surface area (Å²) in [5, 5.41) is 10.2. The smallest absolute Gasteiger partial charge is 0.322 e. The lowest BCUT2D eigenvalue weighted by Crippen LogP contribution is -2.42. The molecular weight excluding hydrogens is 449 g/mol. The van der Waals surface area contributed by atoms with E-state index in [2.05, 4.69) is 10.6 Å². The molecule has 0 radical (unpaired) electrons. The fourth-order valence-corrected chi connectivity index (χ4v) is 3.30. The lowest BCUT2D eigenvalue weighted by atomic mass is 9.92. The molecule has 1 aromatic heterocycles. The number of carbonyl (C=O) groups excluding carboxylic acids is 2. The molecular formula is C26H32FN5O3. The van der Waals surface area contributed by atoms with E-state index in [1.807, 2.05) is 58.0 Å². The first kappa shape index (κ1) is 25.9. The van der Waals surface area contributed by atoms with Crippen molar-refractivity contribution in [3.05, 3.63) is 71.7 Å². The quantitative estimate of drug-likeness (QED) is 0.487. The van der Waals surface area contributed by atoms with Gasteiger partial charge >= 0.3 is 6.03 Å². The summed E-state index contributed by atoms with van der Waals surface area (Å²) in [4.78, 5) is 27.1. The fourth-order valence-electron chi connectivity index (χ4n) is 3.30. The second-order valence-corrected chi connectivity index (χ2v) is 9.32. The third-order valence-electron chi connectivity index (χ3n) is 5.29. The zero-order valence-corrected chi connectivity index (χ0v) is 20.8. The molecule has 8 nitrogen and oxygen atoms in total. The SMILES string of the molecule is COCCN(CC(=O)Nc1cc(C(C)(C)C)nn1-c1ccc(C)cc1)C(=O)Nc1cccc(F)c1. The van der Waals surface area contributed by atoms with Gasteiger partial charge in [0.25, 0.3) is 0 Å². The highest BCUT2D eigenvalue weighted by atomic mass is 19.1. The number of benzene rings is 2. The van der Waals surface area contributed by atoms with E-state index in [9.17, 15) is 14.0 Å². The van der Waals surface area contributed by atoms with E-state index in [-0.39, 0.29) is 25.1 Å². The third-order valence-corrected chi connectivity index (χ3v) is 5.29. The largest absolute Gasteiger partial charge is 0.383 e. The van der Waals surface area contributed by atoms with E-state index >= 15 is 0 Å². The molecule has 2 N–H and O–H groups in total. The van der Waals surface area contributed by atoms with Gasteiger partial charge in [-0.25, -0.2) is 13.9 Å². The summed E-state index contributed by atoms with van der Waals surface area (Å²) in [5.41, 5.74) is 2.80. The Morgan fingerprint density at radius 3 is 2.43 bits per heavy atom. The molecule has 186 valence electrons. The third kappa shape index (κ3) is 7.13. The number of halogens is 1. The second kappa shape index (κ2) is 11.1. The van der Waals surface area contributed by atoms with E-state index in [0.717, 1.165) is 16.9 Å². The van der Waals surface area contributed by atoms with Gasteiger partial charge in [0, 0.05) is 30.8 Å². The molecule has 35 heavy (non-hydrogen) atoms. The topological polar surface area (TPSA) is 88.5 Å². The number of nitrogens with one attached hydrogen (secondary N) is 2. The van der Waals surface area contributed by atoms with Crippen molar-refractivity contribution in [2.45, 2.75) is 33.1 Å². The summed E-state index contributed by atoms with van der Waals surface area (Å²) in [6.45, 7) is 8.32. The number of aromatic nitrogens is 2. The summed E-state index contributed by atoms with van der Waals surface area (Å²) < 4.78 is 20.3. The van der Waals surface area contributed by atoms with Crippen LogP contribution in [0.15, 0.2) is 54.6 Å². The zero-order valence-electron chi connectivity index (χ0n) is 20.8. The van der Waals surface area contributed by atoms with Crippen LogP contribution in [-0.4, -0.2) is 53.4 Å². The second-order valence-electron chi connectivity index (χ2n) is 9.32.